The molecule has 0 fully saturated rings. The number of amides is 1. The summed E-state index contributed by atoms with van der Waals surface area (Å²) in [6.45, 7) is 6.04. The molecule has 3 aromatic rings. The van der Waals surface area contributed by atoms with E-state index in [1.807, 2.05) is 49.4 Å². The number of rotatable bonds is 7. The van der Waals surface area contributed by atoms with E-state index in [2.05, 4.69) is 24.4 Å². The van der Waals surface area contributed by atoms with Crippen LogP contribution in [0.15, 0.2) is 64.1 Å². The highest BCUT2D eigenvalue weighted by Gasteiger charge is 2.10. The highest BCUT2D eigenvalue weighted by atomic mass is 35.5. The maximum absolute atomic E-state index is 12.0. The largest absolute Gasteiger partial charge is 0.483 e. The minimum atomic E-state index is -0.348. The molecule has 1 N–H and O–H groups in total. The molecular formula is C23H23ClN2O3. The van der Waals surface area contributed by atoms with E-state index >= 15 is 0 Å². The van der Waals surface area contributed by atoms with Crippen molar-refractivity contribution in [1.82, 2.24) is 5.43 Å². The zero-order valence-electron chi connectivity index (χ0n) is 16.6. The van der Waals surface area contributed by atoms with Gasteiger partial charge in [-0.2, -0.15) is 5.10 Å². The van der Waals surface area contributed by atoms with E-state index in [4.69, 9.17) is 20.8 Å². The van der Waals surface area contributed by atoms with Crippen LogP contribution in [0.25, 0.3) is 11.3 Å². The van der Waals surface area contributed by atoms with E-state index in [-0.39, 0.29) is 12.5 Å². The van der Waals surface area contributed by atoms with Crippen LogP contribution in [0.3, 0.4) is 0 Å². The lowest BCUT2D eigenvalue weighted by molar-refractivity contribution is -0.123. The number of ether oxygens (including phenoxy) is 1. The average molecular weight is 411 g/mol. The Morgan fingerprint density at radius 2 is 2.03 bits per heavy atom. The van der Waals surface area contributed by atoms with Crippen molar-refractivity contribution in [2.24, 2.45) is 5.10 Å². The molecule has 0 atom stereocenters. The minimum absolute atomic E-state index is 0.119. The molecule has 6 heteroatoms. The molecule has 0 aliphatic carbocycles. The Morgan fingerprint density at radius 3 is 2.79 bits per heavy atom. The second kappa shape index (κ2) is 9.43. The number of halogens is 1. The second-order valence-electron chi connectivity index (χ2n) is 6.99. The van der Waals surface area contributed by atoms with Crippen molar-refractivity contribution in [3.05, 3.63) is 76.5 Å². The van der Waals surface area contributed by atoms with E-state index < -0.39 is 0 Å². The number of carbonyl (C=O) groups excluding carboxylic acids is 1. The lowest BCUT2D eigenvalue weighted by Crippen LogP contribution is -2.24. The van der Waals surface area contributed by atoms with Crippen LogP contribution in [0.5, 0.6) is 5.75 Å². The van der Waals surface area contributed by atoms with Crippen molar-refractivity contribution < 1.29 is 13.9 Å². The highest BCUT2D eigenvalue weighted by molar-refractivity contribution is 6.30. The van der Waals surface area contributed by atoms with Gasteiger partial charge in [-0.05, 0) is 54.3 Å². The molecule has 5 nitrogen and oxygen atoms in total. The Hall–Kier alpha value is -3.05. The monoisotopic (exact) mass is 410 g/mol. The van der Waals surface area contributed by atoms with E-state index in [0.717, 1.165) is 22.4 Å². The first kappa shape index (κ1) is 20.7. The molecule has 0 saturated carbocycles. The van der Waals surface area contributed by atoms with Gasteiger partial charge in [-0.3, -0.25) is 4.79 Å². The zero-order chi connectivity index (χ0) is 20.8. The Bertz CT molecular complexity index is 1020. The highest BCUT2D eigenvalue weighted by Crippen LogP contribution is 2.27. The predicted octanol–water partition coefficient (Wildman–Crippen LogP) is 5.56. The van der Waals surface area contributed by atoms with Crippen LogP contribution < -0.4 is 10.2 Å². The van der Waals surface area contributed by atoms with Gasteiger partial charge in [0.25, 0.3) is 5.91 Å². The Balaban J connectivity index is 1.55. The summed E-state index contributed by atoms with van der Waals surface area (Å²) in [5.74, 6) is 1.86. The number of hydrazone groups is 1. The average Bonchev–Trinajstić information content (AvgIpc) is 3.15. The van der Waals surface area contributed by atoms with Crippen molar-refractivity contribution in [2.45, 2.75) is 26.7 Å². The standard InChI is InChI=1S/C23H23ClN2O3/c1-15(2)20-9-7-16(3)11-22(20)28-14-23(27)26-25-13-19-8-10-21(29-19)17-5-4-6-18(24)12-17/h4-13,15H,14H2,1-3H3,(H,26,27)/b25-13-. The fraction of sp³-hybridized carbons (Fsp3) is 0.217. The molecule has 150 valence electrons. The van der Waals surface area contributed by atoms with Gasteiger partial charge in [-0.15, -0.1) is 0 Å². The maximum Gasteiger partial charge on any atom is 0.277 e. The van der Waals surface area contributed by atoms with E-state index in [0.29, 0.717) is 22.5 Å². The normalized spacial score (nSPS) is 11.2. The number of nitrogens with one attached hydrogen (secondary N) is 1. The Morgan fingerprint density at radius 1 is 1.21 bits per heavy atom. The molecule has 0 unspecified atom stereocenters. The first-order chi connectivity index (χ1) is 13.9. The number of carbonyl (C=O) groups is 1. The van der Waals surface area contributed by atoms with E-state index in [1.165, 1.54) is 6.21 Å². The number of furan rings is 1. The van der Waals surface area contributed by atoms with Gasteiger partial charge >= 0.3 is 0 Å². The van der Waals surface area contributed by atoms with Gasteiger partial charge in [-0.1, -0.05) is 49.7 Å². The van der Waals surface area contributed by atoms with Crippen molar-refractivity contribution in [2.75, 3.05) is 6.61 Å². The quantitative estimate of drug-likeness (QED) is 0.409. The summed E-state index contributed by atoms with van der Waals surface area (Å²) in [7, 11) is 0. The van der Waals surface area contributed by atoms with Gasteiger partial charge in [0.05, 0.1) is 6.21 Å². The van der Waals surface area contributed by atoms with Crippen molar-refractivity contribution in [3.8, 4) is 17.1 Å². The van der Waals surface area contributed by atoms with E-state index in [9.17, 15) is 4.79 Å². The molecule has 0 aliphatic heterocycles. The lowest BCUT2D eigenvalue weighted by Gasteiger charge is -2.14. The predicted molar refractivity (Wildman–Crippen MR) is 116 cm³/mol. The molecule has 1 aromatic heterocycles. The van der Waals surface area contributed by atoms with Crippen molar-refractivity contribution >= 4 is 23.7 Å². The summed E-state index contributed by atoms with van der Waals surface area (Å²) in [4.78, 5) is 12.0. The molecule has 0 saturated heterocycles. The summed E-state index contributed by atoms with van der Waals surface area (Å²) in [6, 6.07) is 17.0. The minimum Gasteiger partial charge on any atom is -0.483 e. The number of benzene rings is 2. The van der Waals surface area contributed by atoms with Crippen LogP contribution in [-0.2, 0) is 4.79 Å². The third-order valence-corrected chi connectivity index (χ3v) is 4.50. The fourth-order valence-electron chi connectivity index (χ4n) is 2.81. The van der Waals surface area contributed by atoms with Crippen molar-refractivity contribution in [3.63, 3.8) is 0 Å². The number of hydrogen-bond acceptors (Lipinski definition) is 4. The molecule has 0 aliphatic rings. The van der Waals surface area contributed by atoms with Gasteiger partial charge in [0.2, 0.25) is 0 Å². The summed E-state index contributed by atoms with van der Waals surface area (Å²) in [6.07, 6.45) is 1.44. The molecular weight excluding hydrogens is 388 g/mol. The van der Waals surface area contributed by atoms with Gasteiger partial charge in [0, 0.05) is 10.6 Å². The number of aryl methyl sites for hydroxylation is 1. The summed E-state index contributed by atoms with van der Waals surface area (Å²) < 4.78 is 11.4. The third-order valence-electron chi connectivity index (χ3n) is 4.27. The molecule has 1 amide bonds. The fourth-order valence-corrected chi connectivity index (χ4v) is 3.00. The molecule has 1 heterocycles. The molecule has 3 rings (SSSR count). The SMILES string of the molecule is Cc1ccc(C(C)C)c(OCC(=O)N/N=C\c2ccc(-c3cccc(Cl)c3)o2)c1. The Kier molecular flexibility index (Phi) is 6.73. The van der Waals surface area contributed by atoms with Gasteiger partial charge in [0.1, 0.15) is 17.3 Å². The van der Waals surface area contributed by atoms with Crippen molar-refractivity contribution in [1.29, 1.82) is 0 Å². The second-order valence-corrected chi connectivity index (χ2v) is 7.43. The van der Waals surface area contributed by atoms with Crippen LogP contribution >= 0.6 is 11.6 Å². The van der Waals surface area contributed by atoms with Gasteiger partial charge in [0.15, 0.2) is 6.61 Å². The molecule has 2 aromatic carbocycles. The lowest BCUT2D eigenvalue weighted by atomic mass is 10.0. The maximum atomic E-state index is 12.0. The molecule has 0 bridgehead atoms. The molecule has 0 spiro atoms. The topological polar surface area (TPSA) is 63.8 Å². The van der Waals surface area contributed by atoms with Crippen LogP contribution in [0.2, 0.25) is 5.02 Å². The Labute approximate surface area is 175 Å². The van der Waals surface area contributed by atoms with Crippen LogP contribution in [-0.4, -0.2) is 18.7 Å². The first-order valence-corrected chi connectivity index (χ1v) is 9.71. The third kappa shape index (κ3) is 5.72. The zero-order valence-corrected chi connectivity index (χ0v) is 17.4. The summed E-state index contributed by atoms with van der Waals surface area (Å²) >= 11 is 6.00. The van der Waals surface area contributed by atoms with Crippen LogP contribution in [0.4, 0.5) is 0 Å². The molecule has 0 radical (unpaired) electrons. The summed E-state index contributed by atoms with van der Waals surface area (Å²) in [5, 5.41) is 4.56. The van der Waals surface area contributed by atoms with Crippen LogP contribution in [0, 0.1) is 6.92 Å². The summed E-state index contributed by atoms with van der Waals surface area (Å²) in [5.41, 5.74) is 5.46. The van der Waals surface area contributed by atoms with Gasteiger partial charge < -0.3 is 9.15 Å². The first-order valence-electron chi connectivity index (χ1n) is 9.33. The van der Waals surface area contributed by atoms with E-state index in [1.54, 1.807) is 12.1 Å². The molecule has 29 heavy (non-hydrogen) atoms. The van der Waals surface area contributed by atoms with Gasteiger partial charge in [-0.25, -0.2) is 5.43 Å². The van der Waals surface area contributed by atoms with Crippen LogP contribution in [0.1, 0.15) is 36.7 Å². The number of nitrogens with zero attached hydrogens (tertiary/aromatic N) is 1. The number of hydrogen-bond donors (Lipinski definition) is 1. The smallest absolute Gasteiger partial charge is 0.277 e.